The Kier molecular flexibility index (Phi) is 8.06. The third-order valence-electron chi connectivity index (χ3n) is 3.48. The molecule has 0 N–H and O–H groups in total. The first kappa shape index (κ1) is 17.4. The second-order valence-electron chi connectivity index (χ2n) is 4.95. The van der Waals surface area contributed by atoms with Crippen LogP contribution in [0.25, 0.3) is 0 Å². The van der Waals surface area contributed by atoms with Crippen molar-refractivity contribution in [2.45, 2.75) is 25.8 Å². The SMILES string of the molecule is CI.COCC1CC(C)CCN1C(=O)c1ccccn1. The van der Waals surface area contributed by atoms with Gasteiger partial charge < -0.3 is 9.64 Å². The Bertz CT molecular complexity index is 400. The molecule has 2 atom stereocenters. The predicted molar refractivity (Wildman–Crippen MR) is 89.3 cm³/mol. The van der Waals surface area contributed by atoms with Crippen LogP contribution in [-0.4, -0.2) is 47.0 Å². The molecular formula is C15H23IN2O2. The first-order chi connectivity index (χ1) is 9.72. The lowest BCUT2D eigenvalue weighted by molar-refractivity contribution is 0.0344. The second kappa shape index (κ2) is 9.28. The average molecular weight is 390 g/mol. The third-order valence-corrected chi connectivity index (χ3v) is 3.48. The van der Waals surface area contributed by atoms with Gasteiger partial charge in [0.1, 0.15) is 5.69 Å². The number of rotatable bonds is 3. The van der Waals surface area contributed by atoms with Crippen LogP contribution < -0.4 is 0 Å². The smallest absolute Gasteiger partial charge is 0.272 e. The number of hydrogen-bond donors (Lipinski definition) is 0. The van der Waals surface area contributed by atoms with Gasteiger partial charge in [0.25, 0.3) is 5.91 Å². The molecule has 1 aromatic rings. The molecule has 0 radical (unpaired) electrons. The molecule has 1 fully saturated rings. The van der Waals surface area contributed by atoms with Crippen LogP contribution in [-0.2, 0) is 4.74 Å². The molecule has 5 heteroatoms. The van der Waals surface area contributed by atoms with Gasteiger partial charge in [0.15, 0.2) is 0 Å². The summed E-state index contributed by atoms with van der Waals surface area (Å²) in [7, 11) is 1.68. The number of methoxy groups -OCH3 is 1. The zero-order valence-electron chi connectivity index (χ0n) is 12.4. The molecule has 1 aromatic heterocycles. The molecule has 1 aliphatic rings. The lowest BCUT2D eigenvalue weighted by Crippen LogP contribution is -2.48. The number of piperidine rings is 1. The minimum atomic E-state index is 0.0181. The summed E-state index contributed by atoms with van der Waals surface area (Å²) in [5.41, 5.74) is 0.521. The zero-order valence-corrected chi connectivity index (χ0v) is 14.5. The molecular weight excluding hydrogens is 367 g/mol. The summed E-state index contributed by atoms with van der Waals surface area (Å²) in [6.45, 7) is 3.62. The fraction of sp³-hybridized carbons (Fsp3) is 0.600. The van der Waals surface area contributed by atoms with Crippen molar-refractivity contribution in [1.29, 1.82) is 0 Å². The molecule has 0 saturated carbocycles. The Labute approximate surface area is 135 Å². The number of carbonyl (C=O) groups is 1. The van der Waals surface area contributed by atoms with E-state index in [9.17, 15) is 4.79 Å². The summed E-state index contributed by atoms with van der Waals surface area (Å²) in [5.74, 6) is 0.669. The van der Waals surface area contributed by atoms with Gasteiger partial charge in [-0.2, -0.15) is 0 Å². The van der Waals surface area contributed by atoms with E-state index in [1.54, 1.807) is 19.4 Å². The van der Waals surface area contributed by atoms with Crippen LogP contribution >= 0.6 is 22.6 Å². The molecule has 0 aliphatic carbocycles. The summed E-state index contributed by atoms with van der Waals surface area (Å²) in [5, 5.41) is 0. The van der Waals surface area contributed by atoms with E-state index in [0.29, 0.717) is 18.2 Å². The molecule has 1 saturated heterocycles. The maximum atomic E-state index is 12.4. The van der Waals surface area contributed by atoms with Crippen LogP contribution in [0.3, 0.4) is 0 Å². The molecule has 1 amide bonds. The standard InChI is InChI=1S/C14H20N2O2.CH3I/c1-11-6-8-16(12(9-11)10-18-2)14(17)13-5-3-4-7-15-13;1-2/h3-5,7,11-12H,6,8-10H2,1-2H3;1H3. The lowest BCUT2D eigenvalue weighted by atomic mass is 9.92. The Morgan fingerprint density at radius 1 is 1.50 bits per heavy atom. The average Bonchev–Trinajstić information content (AvgIpc) is 2.50. The summed E-state index contributed by atoms with van der Waals surface area (Å²) >= 11 is 2.15. The van der Waals surface area contributed by atoms with Crippen molar-refractivity contribution in [3.8, 4) is 0 Å². The maximum Gasteiger partial charge on any atom is 0.272 e. The molecule has 2 rings (SSSR count). The summed E-state index contributed by atoms with van der Waals surface area (Å²) < 4.78 is 5.23. The molecule has 1 aliphatic heterocycles. The van der Waals surface area contributed by atoms with Crippen molar-refractivity contribution in [3.63, 3.8) is 0 Å². The number of hydrogen-bond acceptors (Lipinski definition) is 3. The first-order valence-corrected chi connectivity index (χ1v) is 8.97. The van der Waals surface area contributed by atoms with Crippen LogP contribution in [0, 0.1) is 5.92 Å². The normalized spacial score (nSPS) is 21.9. The van der Waals surface area contributed by atoms with Crippen molar-refractivity contribution >= 4 is 28.5 Å². The van der Waals surface area contributed by atoms with E-state index in [-0.39, 0.29) is 11.9 Å². The highest BCUT2D eigenvalue weighted by Gasteiger charge is 2.30. The molecule has 4 nitrogen and oxygen atoms in total. The number of likely N-dealkylation sites (tertiary alicyclic amines) is 1. The molecule has 0 bridgehead atoms. The van der Waals surface area contributed by atoms with Crippen LogP contribution in [0.1, 0.15) is 30.3 Å². The zero-order chi connectivity index (χ0) is 15.0. The molecule has 2 heterocycles. The summed E-state index contributed by atoms with van der Waals surface area (Å²) in [6.07, 6.45) is 3.72. The maximum absolute atomic E-state index is 12.4. The van der Waals surface area contributed by atoms with Gasteiger partial charge >= 0.3 is 0 Å². The Hall–Kier alpha value is -0.690. The van der Waals surface area contributed by atoms with Crippen LogP contribution in [0.15, 0.2) is 24.4 Å². The number of ether oxygens (including phenoxy) is 1. The fourth-order valence-corrected chi connectivity index (χ4v) is 2.51. The van der Waals surface area contributed by atoms with Crippen molar-refractivity contribution in [2.24, 2.45) is 5.92 Å². The third kappa shape index (κ3) is 4.70. The largest absolute Gasteiger partial charge is 0.383 e. The monoisotopic (exact) mass is 390 g/mol. The number of aromatic nitrogens is 1. The number of alkyl halides is 1. The van der Waals surface area contributed by atoms with Crippen LogP contribution in [0.2, 0.25) is 0 Å². The van der Waals surface area contributed by atoms with E-state index < -0.39 is 0 Å². The van der Waals surface area contributed by atoms with Gasteiger partial charge in [-0.15, -0.1) is 0 Å². The topological polar surface area (TPSA) is 42.4 Å². The number of nitrogens with zero attached hydrogens (tertiary/aromatic N) is 2. The number of pyridine rings is 1. The van der Waals surface area contributed by atoms with E-state index in [1.807, 2.05) is 22.0 Å². The van der Waals surface area contributed by atoms with E-state index in [1.165, 1.54) is 0 Å². The van der Waals surface area contributed by atoms with Crippen LogP contribution in [0.5, 0.6) is 0 Å². The lowest BCUT2D eigenvalue weighted by Gasteiger charge is -2.38. The van der Waals surface area contributed by atoms with E-state index in [4.69, 9.17) is 4.74 Å². The highest BCUT2D eigenvalue weighted by atomic mass is 127. The highest BCUT2D eigenvalue weighted by molar-refractivity contribution is 14.1. The van der Waals surface area contributed by atoms with Gasteiger partial charge in [0, 0.05) is 19.9 Å². The molecule has 112 valence electrons. The van der Waals surface area contributed by atoms with Gasteiger partial charge in [-0.25, -0.2) is 0 Å². The predicted octanol–water partition coefficient (Wildman–Crippen LogP) is 3.02. The molecule has 20 heavy (non-hydrogen) atoms. The van der Waals surface area contributed by atoms with Crippen LogP contribution in [0.4, 0.5) is 0 Å². The van der Waals surface area contributed by atoms with E-state index in [0.717, 1.165) is 19.4 Å². The van der Waals surface area contributed by atoms with Crippen molar-refractivity contribution in [3.05, 3.63) is 30.1 Å². The molecule has 0 spiro atoms. The summed E-state index contributed by atoms with van der Waals surface area (Å²) in [6, 6.07) is 5.61. The van der Waals surface area contributed by atoms with Gasteiger partial charge in [0.2, 0.25) is 0 Å². The number of halogens is 1. The number of amides is 1. The minimum Gasteiger partial charge on any atom is -0.383 e. The van der Waals surface area contributed by atoms with E-state index in [2.05, 4.69) is 34.5 Å². The van der Waals surface area contributed by atoms with Crippen molar-refractivity contribution in [1.82, 2.24) is 9.88 Å². The van der Waals surface area contributed by atoms with Gasteiger partial charge in [-0.1, -0.05) is 35.6 Å². The Morgan fingerprint density at radius 3 is 2.85 bits per heavy atom. The van der Waals surface area contributed by atoms with E-state index >= 15 is 0 Å². The Balaban J connectivity index is 0.000000956. The van der Waals surface area contributed by atoms with Gasteiger partial charge in [-0.05, 0) is 35.8 Å². The molecule has 2 unspecified atom stereocenters. The highest BCUT2D eigenvalue weighted by Crippen LogP contribution is 2.24. The van der Waals surface area contributed by atoms with Gasteiger partial charge in [-0.3, -0.25) is 9.78 Å². The minimum absolute atomic E-state index is 0.0181. The van der Waals surface area contributed by atoms with Crippen molar-refractivity contribution < 1.29 is 9.53 Å². The molecule has 0 aromatic carbocycles. The quantitative estimate of drug-likeness (QED) is 0.589. The second-order valence-corrected chi connectivity index (χ2v) is 4.95. The first-order valence-electron chi connectivity index (χ1n) is 6.81. The fourth-order valence-electron chi connectivity index (χ4n) is 2.51. The number of carbonyl (C=O) groups excluding carboxylic acids is 1. The Morgan fingerprint density at radius 2 is 2.25 bits per heavy atom. The van der Waals surface area contributed by atoms with Gasteiger partial charge in [0.05, 0.1) is 12.6 Å². The summed E-state index contributed by atoms with van der Waals surface area (Å²) in [4.78, 5) is 20.4. The van der Waals surface area contributed by atoms with Crippen molar-refractivity contribution in [2.75, 3.05) is 25.2 Å².